The molecule has 0 spiro atoms. The number of hydrogen-bond donors (Lipinski definition) is 0. The van der Waals surface area contributed by atoms with Gasteiger partial charge in [-0.15, -0.1) is 0 Å². The summed E-state index contributed by atoms with van der Waals surface area (Å²) in [5, 5.41) is 0. The first-order chi connectivity index (χ1) is 34.1. The van der Waals surface area contributed by atoms with Crippen molar-refractivity contribution in [2.45, 2.75) is 65.2 Å². The molecule has 0 aromatic heterocycles. The van der Waals surface area contributed by atoms with Crippen molar-refractivity contribution in [1.29, 1.82) is 0 Å². The van der Waals surface area contributed by atoms with Gasteiger partial charge in [-0.2, -0.15) is 0 Å². The molecule has 6 aromatic carbocycles. The minimum atomic E-state index is -0.647. The van der Waals surface area contributed by atoms with Crippen molar-refractivity contribution in [3.05, 3.63) is 179 Å². The summed E-state index contributed by atoms with van der Waals surface area (Å²) in [6.07, 6.45) is 7.16. The maximum absolute atomic E-state index is 12.8. The molecule has 14 heteroatoms. The average molecular weight is 951 g/mol. The largest absolute Gasteiger partial charge is 0.494 e. The van der Waals surface area contributed by atoms with Crippen LogP contribution < -0.4 is 28.4 Å². The van der Waals surface area contributed by atoms with Crippen molar-refractivity contribution < 1.29 is 66.7 Å². The lowest BCUT2D eigenvalue weighted by Crippen LogP contribution is -2.11. The normalized spacial score (nSPS) is 10.6. The Morgan fingerprint density at radius 3 is 0.729 bits per heavy atom. The summed E-state index contributed by atoms with van der Waals surface area (Å²) in [4.78, 5) is 76.0. The summed E-state index contributed by atoms with van der Waals surface area (Å²) >= 11 is 0. The summed E-state index contributed by atoms with van der Waals surface area (Å²) < 4.78 is 43.8. The highest BCUT2D eigenvalue weighted by molar-refractivity contribution is 5.95. The Bertz CT molecular complexity index is 2450. The lowest BCUT2D eigenvalue weighted by molar-refractivity contribution is 0.0432. The van der Waals surface area contributed by atoms with Crippen molar-refractivity contribution in [3.8, 4) is 34.5 Å². The first-order valence-electron chi connectivity index (χ1n) is 23.2. The molecule has 0 aliphatic carbocycles. The van der Waals surface area contributed by atoms with Crippen LogP contribution in [0.1, 0.15) is 127 Å². The van der Waals surface area contributed by atoms with Gasteiger partial charge in [0.05, 0.1) is 59.8 Å². The van der Waals surface area contributed by atoms with Crippen LogP contribution in [0.25, 0.3) is 0 Å². The first kappa shape index (κ1) is 51.1. The van der Waals surface area contributed by atoms with Gasteiger partial charge in [-0.25, -0.2) is 28.8 Å². The van der Waals surface area contributed by atoms with Gasteiger partial charge < -0.3 is 37.9 Å². The van der Waals surface area contributed by atoms with E-state index in [9.17, 15) is 28.8 Å². The van der Waals surface area contributed by atoms with E-state index in [1.807, 2.05) is 0 Å². The number of esters is 6. The highest BCUT2D eigenvalue weighted by Crippen LogP contribution is 2.22. The second-order valence-electron chi connectivity index (χ2n) is 15.8. The molecule has 0 atom stereocenters. The molecule has 0 aliphatic heterocycles. The fourth-order valence-corrected chi connectivity index (χ4v) is 6.46. The van der Waals surface area contributed by atoms with Crippen LogP contribution in [0.15, 0.2) is 146 Å². The third-order valence-corrected chi connectivity index (χ3v) is 10.4. The smallest absolute Gasteiger partial charge is 0.343 e. The topological polar surface area (TPSA) is 176 Å². The fraction of sp³-hybridized carbons (Fsp3) is 0.250. The van der Waals surface area contributed by atoms with E-state index in [4.69, 9.17) is 37.9 Å². The molecule has 0 heterocycles. The maximum Gasteiger partial charge on any atom is 0.343 e. The second-order valence-corrected chi connectivity index (χ2v) is 15.8. The Hall–Kier alpha value is -8.26. The van der Waals surface area contributed by atoms with Gasteiger partial charge in [0, 0.05) is 0 Å². The number of carbonyl (C=O) groups is 6. The Morgan fingerprint density at radius 2 is 0.486 bits per heavy atom. The lowest BCUT2D eigenvalue weighted by atomic mass is 10.2. The summed E-state index contributed by atoms with van der Waals surface area (Å²) in [6.45, 7) is 5.63. The Balaban J connectivity index is 0.834. The Labute approximate surface area is 406 Å². The second kappa shape index (κ2) is 26.9. The van der Waals surface area contributed by atoms with Crippen LogP contribution in [0.5, 0.6) is 34.5 Å². The predicted molar refractivity (Wildman–Crippen MR) is 258 cm³/mol. The number of ether oxygens (including phenoxy) is 8. The minimum absolute atomic E-state index is 0.0801. The molecular weight excluding hydrogens is 897 g/mol. The molecular formula is C56H54O14. The van der Waals surface area contributed by atoms with Gasteiger partial charge in [0.25, 0.3) is 0 Å². The van der Waals surface area contributed by atoms with Crippen LogP contribution >= 0.6 is 0 Å². The number of rotatable bonds is 25. The van der Waals surface area contributed by atoms with E-state index in [1.54, 1.807) is 48.5 Å². The van der Waals surface area contributed by atoms with E-state index in [-0.39, 0.29) is 58.5 Å². The van der Waals surface area contributed by atoms with Gasteiger partial charge >= 0.3 is 35.8 Å². The average Bonchev–Trinajstić information content (AvgIpc) is 3.38. The van der Waals surface area contributed by atoms with E-state index >= 15 is 0 Å². The molecule has 70 heavy (non-hydrogen) atoms. The van der Waals surface area contributed by atoms with Crippen LogP contribution in [-0.4, -0.2) is 62.2 Å². The zero-order chi connectivity index (χ0) is 49.5. The molecule has 0 saturated heterocycles. The molecule has 0 N–H and O–H groups in total. The zero-order valence-electron chi connectivity index (χ0n) is 39.1. The maximum atomic E-state index is 12.8. The molecule has 14 nitrogen and oxygen atoms in total. The van der Waals surface area contributed by atoms with Crippen molar-refractivity contribution >= 4 is 35.8 Å². The number of carbonyl (C=O) groups excluding carboxylic acids is 6. The first-order valence-corrected chi connectivity index (χ1v) is 23.2. The van der Waals surface area contributed by atoms with E-state index in [1.165, 1.54) is 97.1 Å². The lowest BCUT2D eigenvalue weighted by Gasteiger charge is -2.09. The molecule has 6 aromatic rings. The minimum Gasteiger partial charge on any atom is -0.494 e. The van der Waals surface area contributed by atoms with Gasteiger partial charge in [-0.3, -0.25) is 0 Å². The van der Waals surface area contributed by atoms with Gasteiger partial charge in [-0.1, -0.05) is 39.5 Å². The van der Waals surface area contributed by atoms with Gasteiger partial charge in [0.2, 0.25) is 0 Å². The molecule has 0 bridgehead atoms. The van der Waals surface area contributed by atoms with E-state index in [2.05, 4.69) is 13.8 Å². The molecule has 0 saturated carbocycles. The highest BCUT2D eigenvalue weighted by Gasteiger charge is 2.16. The van der Waals surface area contributed by atoms with E-state index < -0.39 is 35.8 Å². The molecule has 362 valence electrons. The highest BCUT2D eigenvalue weighted by atomic mass is 16.6. The SMILES string of the molecule is CCCCCOc1ccc(C(=O)Oc2ccc(C(=O)Oc3ccc(C(=O)OCCCCOC(=O)c4ccc(OC(=O)c5ccc(OC(=O)c6ccc(OCCCCC)cc6)cc5)cc4)cc3)cc2)cc1. The predicted octanol–water partition coefficient (Wildman–Crippen LogP) is 11.5. The van der Waals surface area contributed by atoms with Crippen LogP contribution in [0.2, 0.25) is 0 Å². The van der Waals surface area contributed by atoms with Crippen LogP contribution in [0.4, 0.5) is 0 Å². The Kier molecular flexibility index (Phi) is 19.7. The van der Waals surface area contributed by atoms with Crippen molar-refractivity contribution in [1.82, 2.24) is 0 Å². The molecule has 6 rings (SSSR count). The van der Waals surface area contributed by atoms with Crippen LogP contribution in [-0.2, 0) is 9.47 Å². The molecule has 0 fully saturated rings. The standard InChI is InChI=1S/C56H54O14/c1-3-5-7-35-63-45-23-11-41(12-24-45)53(59)69-49-31-19-43(20-32-49)55(61)67-47-27-15-39(16-28-47)51(57)65-37-9-10-38-66-52(58)40-17-29-48(30-18-40)68-56(62)44-21-33-50(34-22-44)70-54(60)42-13-25-46(26-14-42)64-36-8-6-4-2/h11-34H,3-10,35-38H2,1-2H3. The number of hydrogen-bond acceptors (Lipinski definition) is 14. The summed E-state index contributed by atoms with van der Waals surface area (Å²) in [5.41, 5.74) is 1.65. The van der Waals surface area contributed by atoms with E-state index in [0.717, 1.165) is 38.5 Å². The van der Waals surface area contributed by atoms with Crippen molar-refractivity contribution in [2.75, 3.05) is 26.4 Å². The fourth-order valence-electron chi connectivity index (χ4n) is 6.46. The molecule has 0 unspecified atom stereocenters. The van der Waals surface area contributed by atoms with Gasteiger partial charge in [-0.05, 0) is 171 Å². The quantitative estimate of drug-likeness (QED) is 0.0301. The molecule has 0 radical (unpaired) electrons. The van der Waals surface area contributed by atoms with Crippen molar-refractivity contribution in [2.24, 2.45) is 0 Å². The van der Waals surface area contributed by atoms with Crippen LogP contribution in [0.3, 0.4) is 0 Å². The Morgan fingerprint density at radius 1 is 0.271 bits per heavy atom. The summed E-state index contributed by atoms with van der Waals surface area (Å²) in [5.74, 6) is -1.28. The van der Waals surface area contributed by atoms with Gasteiger partial charge in [0.15, 0.2) is 0 Å². The molecule has 0 amide bonds. The van der Waals surface area contributed by atoms with E-state index in [0.29, 0.717) is 48.7 Å². The van der Waals surface area contributed by atoms with Crippen molar-refractivity contribution in [3.63, 3.8) is 0 Å². The summed E-state index contributed by atoms with van der Waals surface area (Å²) in [6, 6.07) is 37.0. The number of unbranched alkanes of at least 4 members (excludes halogenated alkanes) is 5. The summed E-state index contributed by atoms with van der Waals surface area (Å²) in [7, 11) is 0. The van der Waals surface area contributed by atoms with Crippen LogP contribution in [0, 0.1) is 0 Å². The third-order valence-electron chi connectivity index (χ3n) is 10.4. The zero-order valence-corrected chi connectivity index (χ0v) is 39.1. The van der Waals surface area contributed by atoms with Gasteiger partial charge in [0.1, 0.15) is 34.5 Å². The number of benzene rings is 6. The monoisotopic (exact) mass is 950 g/mol. The molecule has 0 aliphatic rings. The third kappa shape index (κ3) is 16.2.